The summed E-state index contributed by atoms with van der Waals surface area (Å²) in [5.41, 5.74) is 2.08. The minimum absolute atomic E-state index is 0.401. The molecule has 0 N–H and O–H groups in total. The van der Waals surface area contributed by atoms with E-state index in [0.29, 0.717) is 37.6 Å². The molecule has 0 saturated carbocycles. The van der Waals surface area contributed by atoms with Crippen molar-refractivity contribution in [3.8, 4) is 6.07 Å². The first-order valence-corrected chi connectivity index (χ1v) is 8.13. The number of nitrogens with zero attached hydrogens (tertiary/aromatic N) is 5. The van der Waals surface area contributed by atoms with Gasteiger partial charge in [0.05, 0.1) is 11.9 Å². The summed E-state index contributed by atoms with van der Waals surface area (Å²) in [6, 6.07) is 2.17. The van der Waals surface area contributed by atoms with Crippen LogP contribution < -0.4 is 4.90 Å². The molecule has 0 spiro atoms. The second kappa shape index (κ2) is 5.34. The summed E-state index contributed by atoms with van der Waals surface area (Å²) < 4.78 is 24.4. The van der Waals surface area contributed by atoms with Gasteiger partial charge in [0.25, 0.3) is 0 Å². The van der Waals surface area contributed by atoms with Crippen LogP contribution in [0.5, 0.6) is 0 Å². The molecule has 2 rings (SSSR count). The Hall–Kier alpha value is -1.72. The quantitative estimate of drug-likeness (QED) is 0.765. The zero-order valence-electron chi connectivity index (χ0n) is 11.8. The SMILES string of the molecule is Cc1nnc(N2CCN(S(C)(=O)=O)CC2)c(C#N)c1C. The molecule has 2 heterocycles. The van der Waals surface area contributed by atoms with Crippen LogP contribution in [0.2, 0.25) is 0 Å². The highest BCUT2D eigenvalue weighted by Gasteiger charge is 2.26. The predicted molar refractivity (Wildman–Crippen MR) is 74.9 cm³/mol. The van der Waals surface area contributed by atoms with E-state index < -0.39 is 10.0 Å². The molecule has 0 radical (unpaired) electrons. The molecule has 1 aromatic heterocycles. The van der Waals surface area contributed by atoms with Crippen molar-refractivity contribution in [1.29, 1.82) is 5.26 Å². The van der Waals surface area contributed by atoms with Crippen molar-refractivity contribution < 1.29 is 8.42 Å². The first kappa shape index (κ1) is 14.7. The number of anilines is 1. The molecule has 0 amide bonds. The average molecular weight is 295 g/mol. The molecular weight excluding hydrogens is 278 g/mol. The highest BCUT2D eigenvalue weighted by Crippen LogP contribution is 2.22. The molecule has 1 aromatic rings. The van der Waals surface area contributed by atoms with Crippen LogP contribution in [0, 0.1) is 25.2 Å². The lowest BCUT2D eigenvalue weighted by molar-refractivity contribution is 0.386. The van der Waals surface area contributed by atoms with Gasteiger partial charge in [0.15, 0.2) is 5.82 Å². The molecule has 7 nitrogen and oxygen atoms in total. The maximum absolute atomic E-state index is 11.5. The largest absolute Gasteiger partial charge is 0.351 e. The predicted octanol–water partition coefficient (Wildman–Crippen LogP) is 0.0467. The van der Waals surface area contributed by atoms with Gasteiger partial charge < -0.3 is 4.90 Å². The number of piperazine rings is 1. The van der Waals surface area contributed by atoms with Crippen molar-refractivity contribution in [2.24, 2.45) is 0 Å². The third-order valence-corrected chi connectivity index (χ3v) is 4.86. The van der Waals surface area contributed by atoms with Gasteiger partial charge in [0.2, 0.25) is 10.0 Å². The first-order chi connectivity index (χ1) is 9.34. The monoisotopic (exact) mass is 295 g/mol. The number of aryl methyl sites for hydroxylation is 1. The molecule has 1 saturated heterocycles. The molecule has 0 unspecified atom stereocenters. The molecule has 0 aromatic carbocycles. The normalized spacial score (nSPS) is 17.0. The Morgan fingerprint density at radius 3 is 2.25 bits per heavy atom. The van der Waals surface area contributed by atoms with E-state index in [1.165, 1.54) is 10.6 Å². The smallest absolute Gasteiger partial charge is 0.211 e. The van der Waals surface area contributed by atoms with E-state index in [1.807, 2.05) is 18.7 Å². The maximum Gasteiger partial charge on any atom is 0.211 e. The van der Waals surface area contributed by atoms with E-state index in [9.17, 15) is 13.7 Å². The Morgan fingerprint density at radius 2 is 1.75 bits per heavy atom. The molecule has 20 heavy (non-hydrogen) atoms. The number of nitriles is 1. The Bertz CT molecular complexity index is 657. The van der Waals surface area contributed by atoms with E-state index in [1.54, 1.807) is 0 Å². The average Bonchev–Trinajstić information content (AvgIpc) is 2.41. The summed E-state index contributed by atoms with van der Waals surface area (Å²) in [5.74, 6) is 0.545. The van der Waals surface area contributed by atoms with Gasteiger partial charge in [-0.1, -0.05) is 0 Å². The Balaban J connectivity index is 2.24. The van der Waals surface area contributed by atoms with Crippen LogP contribution in [-0.4, -0.2) is 55.4 Å². The Kier molecular flexibility index (Phi) is 3.92. The molecule has 8 heteroatoms. The molecule has 0 atom stereocenters. The minimum atomic E-state index is -3.16. The summed E-state index contributed by atoms with van der Waals surface area (Å²) in [6.07, 6.45) is 1.21. The van der Waals surface area contributed by atoms with Gasteiger partial charge in [-0.3, -0.25) is 0 Å². The van der Waals surface area contributed by atoms with Gasteiger partial charge in [0.1, 0.15) is 11.6 Å². The van der Waals surface area contributed by atoms with Crippen LogP contribution in [0.3, 0.4) is 0 Å². The number of sulfonamides is 1. The molecule has 0 bridgehead atoms. The van der Waals surface area contributed by atoms with Gasteiger partial charge in [-0.15, -0.1) is 5.10 Å². The summed E-state index contributed by atoms with van der Waals surface area (Å²) in [5, 5.41) is 17.4. The summed E-state index contributed by atoms with van der Waals surface area (Å²) in [6.45, 7) is 5.49. The highest BCUT2D eigenvalue weighted by atomic mass is 32.2. The lowest BCUT2D eigenvalue weighted by atomic mass is 10.1. The van der Waals surface area contributed by atoms with Gasteiger partial charge in [-0.05, 0) is 19.4 Å². The van der Waals surface area contributed by atoms with Gasteiger partial charge in [0, 0.05) is 26.2 Å². The fourth-order valence-electron chi connectivity index (χ4n) is 2.18. The van der Waals surface area contributed by atoms with Crippen molar-refractivity contribution in [1.82, 2.24) is 14.5 Å². The van der Waals surface area contributed by atoms with Crippen molar-refractivity contribution in [3.05, 3.63) is 16.8 Å². The van der Waals surface area contributed by atoms with Crippen LogP contribution in [0.25, 0.3) is 0 Å². The van der Waals surface area contributed by atoms with Crippen molar-refractivity contribution in [2.75, 3.05) is 37.3 Å². The standard InChI is InChI=1S/C12H17N5O2S/c1-9-10(2)14-15-12(11(9)8-13)16-4-6-17(7-5-16)20(3,18)19/h4-7H2,1-3H3. The molecule has 1 fully saturated rings. The van der Waals surface area contributed by atoms with E-state index in [-0.39, 0.29) is 0 Å². The zero-order valence-corrected chi connectivity index (χ0v) is 12.6. The maximum atomic E-state index is 11.5. The lowest BCUT2D eigenvalue weighted by Crippen LogP contribution is -2.48. The number of hydrogen-bond donors (Lipinski definition) is 0. The highest BCUT2D eigenvalue weighted by molar-refractivity contribution is 7.88. The second-order valence-corrected chi connectivity index (χ2v) is 6.85. The molecule has 0 aliphatic carbocycles. The lowest BCUT2D eigenvalue weighted by Gasteiger charge is -2.34. The number of hydrogen-bond acceptors (Lipinski definition) is 6. The fraction of sp³-hybridized carbons (Fsp3) is 0.583. The molecular formula is C12H17N5O2S. The number of aromatic nitrogens is 2. The first-order valence-electron chi connectivity index (χ1n) is 6.28. The van der Waals surface area contributed by atoms with Crippen LogP contribution >= 0.6 is 0 Å². The topological polar surface area (TPSA) is 90.2 Å². The van der Waals surface area contributed by atoms with Crippen molar-refractivity contribution in [2.45, 2.75) is 13.8 Å². The summed E-state index contributed by atoms with van der Waals surface area (Å²) in [7, 11) is -3.16. The van der Waals surface area contributed by atoms with Crippen LogP contribution in [0.4, 0.5) is 5.82 Å². The Labute approximate surface area is 118 Å². The molecule has 1 aliphatic heterocycles. The van der Waals surface area contributed by atoms with E-state index >= 15 is 0 Å². The zero-order chi connectivity index (χ0) is 14.9. The second-order valence-electron chi connectivity index (χ2n) is 4.87. The summed E-state index contributed by atoms with van der Waals surface area (Å²) in [4.78, 5) is 1.92. The van der Waals surface area contributed by atoms with Gasteiger partial charge in [-0.2, -0.15) is 14.7 Å². The van der Waals surface area contributed by atoms with E-state index in [2.05, 4.69) is 16.3 Å². The third-order valence-electron chi connectivity index (χ3n) is 3.56. The van der Waals surface area contributed by atoms with Crippen LogP contribution in [0.15, 0.2) is 0 Å². The fourth-order valence-corrected chi connectivity index (χ4v) is 3.01. The van der Waals surface area contributed by atoms with Gasteiger partial charge in [-0.25, -0.2) is 8.42 Å². The molecule has 108 valence electrons. The van der Waals surface area contributed by atoms with Crippen molar-refractivity contribution in [3.63, 3.8) is 0 Å². The summed E-state index contributed by atoms with van der Waals surface area (Å²) >= 11 is 0. The minimum Gasteiger partial charge on any atom is -0.351 e. The number of rotatable bonds is 2. The van der Waals surface area contributed by atoms with E-state index in [0.717, 1.165) is 11.3 Å². The third kappa shape index (κ3) is 2.73. The van der Waals surface area contributed by atoms with Crippen LogP contribution in [-0.2, 0) is 10.0 Å². The Morgan fingerprint density at radius 1 is 1.15 bits per heavy atom. The molecule has 1 aliphatic rings. The van der Waals surface area contributed by atoms with E-state index in [4.69, 9.17) is 0 Å². The van der Waals surface area contributed by atoms with Crippen LogP contribution in [0.1, 0.15) is 16.8 Å². The van der Waals surface area contributed by atoms with Crippen molar-refractivity contribution >= 4 is 15.8 Å². The van der Waals surface area contributed by atoms with Gasteiger partial charge >= 0.3 is 0 Å².